The number of benzene rings is 1. The van der Waals surface area contributed by atoms with Crippen molar-refractivity contribution < 1.29 is 57.5 Å². The van der Waals surface area contributed by atoms with Crippen LogP contribution in [0.5, 0.6) is 0 Å². The number of ether oxygens (including phenoxy) is 2. The predicted octanol–water partition coefficient (Wildman–Crippen LogP) is 5.01. The van der Waals surface area contributed by atoms with Gasteiger partial charge in [0.15, 0.2) is 0 Å². The number of hydroxylamine groups is 4. The molecule has 0 radical (unpaired) electrons. The lowest BCUT2D eigenvalue weighted by Gasteiger charge is -2.43. The fourth-order valence-corrected chi connectivity index (χ4v) is 10.9. The summed E-state index contributed by atoms with van der Waals surface area (Å²) in [6.45, 7) is 17.3. The molecule has 3 saturated heterocycles. The minimum Gasteiger partial charge on any atom is -0.379 e. The van der Waals surface area contributed by atoms with Crippen LogP contribution in [0.3, 0.4) is 0 Å². The van der Waals surface area contributed by atoms with Crippen molar-refractivity contribution in [3.05, 3.63) is 35.9 Å². The van der Waals surface area contributed by atoms with Crippen molar-refractivity contribution in [2.75, 3.05) is 54.6 Å². The number of carbonyl (C=O) groups excluding carboxylic acids is 8. The maximum absolute atomic E-state index is 14.6. The lowest BCUT2D eigenvalue weighted by molar-refractivity contribution is -0.200. The Morgan fingerprint density at radius 2 is 1.44 bits per heavy atom. The maximum Gasteiger partial charge on any atom is 0.333 e. The summed E-state index contributed by atoms with van der Waals surface area (Å²) in [7, 11) is 6.78. The molecule has 0 bridgehead atoms. The van der Waals surface area contributed by atoms with Gasteiger partial charge in [0.25, 0.3) is 17.7 Å². The number of carbonyl (C=O) groups is 8. The lowest BCUT2D eigenvalue weighted by Crippen LogP contribution is -2.60. The lowest BCUT2D eigenvalue weighted by atomic mass is 9.87. The number of likely N-dealkylation sites (N-methyl/N-ethyl adjacent to an activating group) is 2. The number of amides is 7. The second-order valence-electron chi connectivity index (χ2n) is 21.0. The largest absolute Gasteiger partial charge is 0.379 e. The first-order chi connectivity index (χ1) is 34.7. The highest BCUT2D eigenvalue weighted by Gasteiger charge is 2.45. The molecular formula is C54H87N7O12. The highest BCUT2D eigenvalue weighted by Crippen LogP contribution is 2.31. The first-order valence-electron chi connectivity index (χ1n) is 26.7. The van der Waals surface area contributed by atoms with Gasteiger partial charge in [0, 0.05) is 58.5 Å². The molecule has 3 heterocycles. The third kappa shape index (κ3) is 16.3. The molecule has 10 atom stereocenters. The Kier molecular flexibility index (Phi) is 24.4. The van der Waals surface area contributed by atoms with Crippen LogP contribution in [0.4, 0.5) is 0 Å². The van der Waals surface area contributed by atoms with Crippen LogP contribution in [0.15, 0.2) is 30.3 Å². The van der Waals surface area contributed by atoms with Crippen LogP contribution in [-0.4, -0.2) is 169 Å². The van der Waals surface area contributed by atoms with Crippen LogP contribution in [-0.2, 0) is 57.5 Å². The van der Waals surface area contributed by atoms with Crippen molar-refractivity contribution in [1.82, 2.24) is 35.5 Å². The molecule has 2 N–H and O–H groups in total. The number of likely N-dealkylation sites (tertiary alicyclic amines) is 1. The van der Waals surface area contributed by atoms with Gasteiger partial charge in [-0.25, -0.2) is 9.86 Å². The summed E-state index contributed by atoms with van der Waals surface area (Å²) in [5.41, 5.74) is 0.896. The minimum absolute atomic E-state index is 0.00504. The van der Waals surface area contributed by atoms with Gasteiger partial charge in [-0.1, -0.05) is 98.6 Å². The van der Waals surface area contributed by atoms with Gasteiger partial charge >= 0.3 is 5.97 Å². The summed E-state index contributed by atoms with van der Waals surface area (Å²) in [5, 5.41) is 7.71. The van der Waals surface area contributed by atoms with E-state index in [4.69, 9.17) is 19.1 Å². The van der Waals surface area contributed by atoms with E-state index >= 15 is 0 Å². The zero-order valence-electron chi connectivity index (χ0n) is 45.8. The van der Waals surface area contributed by atoms with Crippen LogP contribution in [0, 0.1) is 23.7 Å². The Hall–Kier alpha value is -4.82. The van der Waals surface area contributed by atoms with E-state index in [1.165, 1.54) is 5.06 Å². The van der Waals surface area contributed by atoms with Gasteiger partial charge in [0.05, 0.1) is 49.3 Å². The number of nitrogens with zero attached hydrogens (tertiary/aromatic N) is 5. The van der Waals surface area contributed by atoms with Crippen molar-refractivity contribution in [2.45, 2.75) is 181 Å². The zero-order chi connectivity index (χ0) is 54.1. The molecule has 1 aromatic carbocycles. The fraction of sp³-hybridized carbons (Fsp3) is 0.741. The molecule has 0 aliphatic carbocycles. The topological polar surface area (TPSA) is 214 Å². The minimum atomic E-state index is -0.904. The molecule has 73 heavy (non-hydrogen) atoms. The Morgan fingerprint density at radius 1 is 0.795 bits per heavy atom. The second kappa shape index (κ2) is 29.3. The van der Waals surface area contributed by atoms with Gasteiger partial charge in [-0.2, -0.15) is 0 Å². The number of methoxy groups -OCH3 is 2. The van der Waals surface area contributed by atoms with E-state index in [-0.39, 0.29) is 67.1 Å². The number of rotatable bonds is 28. The number of nitrogens with one attached hydrogen (secondary N) is 2. The van der Waals surface area contributed by atoms with E-state index in [0.29, 0.717) is 69.8 Å². The SMILES string of the molecule is CC[C@H](C)[C@@H]([C@@H](CC(=O)N1CCC[C@H]1[C@H](OC)[C@@H](C)C(=O)N[C@H](C(=O)N1CCCCO1)[C@@H](C)c1ccccc1)OC)N(C)[C@H](C(=O)NC(=O)[C@H](C(C)C)N(C)CCCCCC(=O)ON1C(=O)CCC1=O)C(C)C. The van der Waals surface area contributed by atoms with E-state index in [0.717, 1.165) is 18.4 Å². The summed E-state index contributed by atoms with van der Waals surface area (Å²) in [5.74, 6) is -4.97. The molecule has 4 rings (SSSR count). The Labute approximate surface area is 433 Å². The van der Waals surface area contributed by atoms with Crippen LogP contribution in [0.25, 0.3) is 0 Å². The van der Waals surface area contributed by atoms with E-state index in [9.17, 15) is 38.4 Å². The molecule has 3 fully saturated rings. The van der Waals surface area contributed by atoms with Crippen molar-refractivity contribution in [1.29, 1.82) is 0 Å². The van der Waals surface area contributed by atoms with E-state index in [1.54, 1.807) is 26.0 Å². The van der Waals surface area contributed by atoms with Gasteiger partial charge < -0.3 is 24.5 Å². The Bertz CT molecular complexity index is 1980. The molecule has 3 aliphatic heterocycles. The molecule has 0 aromatic heterocycles. The first-order valence-corrected chi connectivity index (χ1v) is 26.7. The normalized spacial score (nSPS) is 20.2. The molecule has 410 valence electrons. The molecule has 0 spiro atoms. The highest BCUT2D eigenvalue weighted by atomic mass is 16.7. The average Bonchev–Trinajstić information content (AvgIpc) is 3.97. The standard InChI is InChI=1S/C54H87N7O12/c1-13-36(6)49(58(10)48(35(4)5)53(68)56-52(67)47(34(2)3)57(9)29-19-15-18-26-45(65)73-61-42(62)27-28-43(61)63)41(70-11)33-44(64)59-30-22-25-40(59)50(71-12)38(8)51(66)55-46(37(7)39-23-16-14-17-24-39)54(69)60-31-20-21-32-72-60/h14,16-17,23-24,34-38,40-41,46-50H,13,15,18-22,25-33H2,1-12H3,(H,55,66)(H,56,67,68)/t36-,37-,38+,40-,41+,46-,47-,48-,49-,50+/m0/s1. The van der Waals surface area contributed by atoms with E-state index in [2.05, 4.69) is 17.6 Å². The molecule has 19 nitrogen and oxygen atoms in total. The highest BCUT2D eigenvalue weighted by molar-refractivity contribution is 6.02. The zero-order valence-corrected chi connectivity index (χ0v) is 45.8. The Balaban J connectivity index is 1.42. The van der Waals surface area contributed by atoms with Gasteiger partial charge in [-0.05, 0) is 82.5 Å². The Morgan fingerprint density at radius 3 is 2.01 bits per heavy atom. The van der Waals surface area contributed by atoms with Gasteiger partial charge in [-0.3, -0.25) is 53.5 Å². The number of hydrogen-bond donors (Lipinski definition) is 2. The van der Waals surface area contributed by atoms with Gasteiger partial charge in [0.2, 0.25) is 23.6 Å². The average molecular weight is 1030 g/mol. The summed E-state index contributed by atoms with van der Waals surface area (Å²) in [4.78, 5) is 123. The van der Waals surface area contributed by atoms with Crippen molar-refractivity contribution in [2.24, 2.45) is 23.7 Å². The number of hydrogen-bond acceptors (Lipinski definition) is 14. The molecule has 1 aromatic rings. The predicted molar refractivity (Wildman–Crippen MR) is 273 cm³/mol. The first kappa shape index (κ1) is 60.7. The van der Waals surface area contributed by atoms with Crippen molar-refractivity contribution in [3.8, 4) is 0 Å². The third-order valence-corrected chi connectivity index (χ3v) is 15.1. The van der Waals surface area contributed by atoms with Crippen molar-refractivity contribution in [3.63, 3.8) is 0 Å². The molecule has 7 amide bonds. The smallest absolute Gasteiger partial charge is 0.333 e. The third-order valence-electron chi connectivity index (χ3n) is 15.1. The summed E-state index contributed by atoms with van der Waals surface area (Å²) in [6.07, 6.45) is 4.17. The summed E-state index contributed by atoms with van der Waals surface area (Å²) >= 11 is 0. The van der Waals surface area contributed by atoms with Crippen molar-refractivity contribution >= 4 is 47.3 Å². The number of imide groups is 2. The van der Waals surface area contributed by atoms with Crippen LogP contribution in [0.2, 0.25) is 0 Å². The van der Waals surface area contributed by atoms with Gasteiger partial charge in [0.1, 0.15) is 6.04 Å². The summed E-state index contributed by atoms with van der Waals surface area (Å²) in [6, 6.07) is 6.42. The fourth-order valence-electron chi connectivity index (χ4n) is 10.9. The molecule has 0 saturated carbocycles. The van der Waals surface area contributed by atoms with E-state index in [1.807, 2.05) is 95.8 Å². The maximum atomic E-state index is 14.6. The molecule has 0 unspecified atom stereocenters. The molecular weight excluding hydrogens is 939 g/mol. The monoisotopic (exact) mass is 1030 g/mol. The van der Waals surface area contributed by atoms with E-state index < -0.39 is 77.9 Å². The quantitative estimate of drug-likeness (QED) is 0.0835. The number of unbranched alkanes of at least 4 members (excludes halogenated alkanes) is 2. The molecule has 3 aliphatic rings. The van der Waals surface area contributed by atoms with Crippen LogP contribution < -0.4 is 10.6 Å². The van der Waals surface area contributed by atoms with Crippen LogP contribution in [0.1, 0.15) is 144 Å². The second-order valence-corrected chi connectivity index (χ2v) is 21.0. The molecule has 19 heteroatoms. The summed E-state index contributed by atoms with van der Waals surface area (Å²) < 4.78 is 12.3. The van der Waals surface area contributed by atoms with Crippen LogP contribution >= 0.6 is 0 Å². The van der Waals surface area contributed by atoms with Gasteiger partial charge in [-0.15, -0.1) is 5.06 Å².